The molecule has 0 saturated carbocycles. The first-order valence-electron chi connectivity index (χ1n) is 7.77. The van der Waals surface area contributed by atoms with Gasteiger partial charge >= 0.3 is 0 Å². The van der Waals surface area contributed by atoms with Gasteiger partial charge in [-0.2, -0.15) is 0 Å². The smallest absolute Gasteiger partial charge is 0.251 e. The molecule has 24 heavy (non-hydrogen) atoms. The summed E-state index contributed by atoms with van der Waals surface area (Å²) >= 11 is 0. The van der Waals surface area contributed by atoms with Crippen molar-refractivity contribution in [2.75, 3.05) is 0 Å². The van der Waals surface area contributed by atoms with Crippen LogP contribution in [-0.4, -0.2) is 14.3 Å². The van der Waals surface area contributed by atoms with Crippen LogP contribution in [0.2, 0.25) is 0 Å². The van der Waals surface area contributed by atoms with Crippen molar-refractivity contribution in [3.63, 3.8) is 0 Å². The average Bonchev–Trinajstić information content (AvgIpc) is 2.54. The Bertz CT molecular complexity index is 797. The van der Waals surface area contributed by atoms with Crippen molar-refractivity contribution in [1.29, 1.82) is 0 Å². The zero-order chi connectivity index (χ0) is 17.7. The van der Waals surface area contributed by atoms with Gasteiger partial charge in [-0.05, 0) is 42.2 Å². The molecule has 2 aromatic rings. The minimum Gasteiger partial charge on any atom is -0.346 e. The second-order valence-electron chi connectivity index (χ2n) is 5.79. The van der Waals surface area contributed by atoms with Crippen molar-refractivity contribution >= 4 is 15.9 Å². The zero-order valence-electron chi connectivity index (χ0n) is 13.8. The van der Waals surface area contributed by atoms with Crippen LogP contribution in [-0.2, 0) is 22.2 Å². The highest BCUT2D eigenvalue weighted by molar-refractivity contribution is 7.88. The monoisotopic (exact) mass is 346 g/mol. The van der Waals surface area contributed by atoms with Crippen LogP contribution in [0, 0.1) is 0 Å². The van der Waals surface area contributed by atoms with Gasteiger partial charge in [-0.25, -0.2) is 13.6 Å². The number of sulfonamides is 1. The quantitative estimate of drug-likeness (QED) is 0.842. The van der Waals surface area contributed by atoms with E-state index < -0.39 is 10.0 Å². The minimum atomic E-state index is -3.57. The number of primary sulfonamides is 1. The van der Waals surface area contributed by atoms with Crippen molar-refractivity contribution in [2.24, 2.45) is 5.14 Å². The molecule has 1 unspecified atom stereocenters. The first-order valence-corrected chi connectivity index (χ1v) is 9.49. The average molecular weight is 346 g/mol. The maximum atomic E-state index is 12.3. The maximum Gasteiger partial charge on any atom is 0.251 e. The van der Waals surface area contributed by atoms with Gasteiger partial charge in [0.25, 0.3) is 5.91 Å². The van der Waals surface area contributed by atoms with Crippen molar-refractivity contribution in [2.45, 2.75) is 32.1 Å². The van der Waals surface area contributed by atoms with Crippen molar-refractivity contribution < 1.29 is 13.2 Å². The standard InChI is InChI=1S/C18H22N2O3S/c1-3-14-4-8-16(9-5-14)13(2)20-18(21)17-10-6-15(7-11-17)12-24(19,22)23/h4-11,13H,3,12H2,1-2H3,(H,20,21)(H2,19,22,23). The van der Waals surface area contributed by atoms with Gasteiger partial charge in [0.15, 0.2) is 0 Å². The van der Waals surface area contributed by atoms with Gasteiger partial charge in [0.05, 0.1) is 11.8 Å². The molecule has 0 radical (unpaired) electrons. The van der Waals surface area contributed by atoms with Gasteiger partial charge < -0.3 is 5.32 Å². The highest BCUT2D eigenvalue weighted by Crippen LogP contribution is 2.15. The van der Waals surface area contributed by atoms with Crippen LogP contribution < -0.4 is 10.5 Å². The Morgan fingerprint density at radius 1 is 1.04 bits per heavy atom. The molecule has 1 amide bonds. The van der Waals surface area contributed by atoms with Crippen LogP contribution in [0.5, 0.6) is 0 Å². The second-order valence-corrected chi connectivity index (χ2v) is 7.41. The predicted octanol–water partition coefficient (Wildman–Crippen LogP) is 2.53. The van der Waals surface area contributed by atoms with E-state index in [1.165, 1.54) is 5.56 Å². The molecular weight excluding hydrogens is 324 g/mol. The van der Waals surface area contributed by atoms with Gasteiger partial charge in [0.1, 0.15) is 0 Å². The largest absolute Gasteiger partial charge is 0.346 e. The first-order chi connectivity index (χ1) is 11.3. The summed E-state index contributed by atoms with van der Waals surface area (Å²) in [6.45, 7) is 4.02. The van der Waals surface area contributed by atoms with E-state index in [1.54, 1.807) is 24.3 Å². The molecule has 0 aliphatic carbocycles. The normalized spacial score (nSPS) is 12.6. The molecule has 6 heteroatoms. The Morgan fingerprint density at radius 3 is 2.08 bits per heavy atom. The lowest BCUT2D eigenvalue weighted by atomic mass is 10.0. The molecule has 5 nitrogen and oxygen atoms in total. The molecule has 0 aliphatic rings. The molecule has 0 fully saturated rings. The summed E-state index contributed by atoms with van der Waals surface area (Å²) in [5, 5.41) is 7.94. The van der Waals surface area contributed by atoms with E-state index >= 15 is 0 Å². The first kappa shape index (κ1) is 18.2. The summed E-state index contributed by atoms with van der Waals surface area (Å²) in [5.41, 5.74) is 3.32. The van der Waals surface area contributed by atoms with Crippen LogP contribution >= 0.6 is 0 Å². The number of carbonyl (C=O) groups is 1. The predicted molar refractivity (Wildman–Crippen MR) is 95.0 cm³/mol. The van der Waals surface area contributed by atoms with Crippen LogP contribution in [0.15, 0.2) is 48.5 Å². The zero-order valence-corrected chi connectivity index (χ0v) is 14.6. The Hall–Kier alpha value is -2.18. The second kappa shape index (κ2) is 7.59. The lowest BCUT2D eigenvalue weighted by Crippen LogP contribution is -2.26. The van der Waals surface area contributed by atoms with Gasteiger partial charge in [-0.1, -0.05) is 43.3 Å². The van der Waals surface area contributed by atoms with E-state index in [-0.39, 0.29) is 17.7 Å². The van der Waals surface area contributed by atoms with E-state index in [9.17, 15) is 13.2 Å². The molecule has 2 aromatic carbocycles. The van der Waals surface area contributed by atoms with E-state index in [4.69, 9.17) is 5.14 Å². The molecule has 0 spiro atoms. The molecular formula is C18H22N2O3S. The fourth-order valence-electron chi connectivity index (χ4n) is 2.39. The van der Waals surface area contributed by atoms with Gasteiger partial charge in [0, 0.05) is 5.56 Å². The lowest BCUT2D eigenvalue weighted by molar-refractivity contribution is 0.0940. The third-order valence-electron chi connectivity index (χ3n) is 3.82. The highest BCUT2D eigenvalue weighted by Gasteiger charge is 2.12. The fourth-order valence-corrected chi connectivity index (χ4v) is 3.05. The molecule has 0 heterocycles. The van der Waals surface area contributed by atoms with Crippen molar-refractivity contribution in [1.82, 2.24) is 5.32 Å². The summed E-state index contributed by atoms with van der Waals surface area (Å²) in [4.78, 5) is 12.3. The minimum absolute atomic E-state index is 0.118. The highest BCUT2D eigenvalue weighted by atomic mass is 32.2. The van der Waals surface area contributed by atoms with Gasteiger partial charge in [-0.15, -0.1) is 0 Å². The van der Waals surface area contributed by atoms with Gasteiger partial charge in [-0.3, -0.25) is 4.79 Å². The van der Waals surface area contributed by atoms with Crippen molar-refractivity contribution in [3.05, 3.63) is 70.8 Å². The van der Waals surface area contributed by atoms with Crippen LogP contribution in [0.3, 0.4) is 0 Å². The topological polar surface area (TPSA) is 89.3 Å². The summed E-state index contributed by atoms with van der Waals surface area (Å²) in [6, 6.07) is 14.4. The molecule has 0 aromatic heterocycles. The molecule has 128 valence electrons. The molecule has 1 atom stereocenters. The van der Waals surface area contributed by atoms with Crippen molar-refractivity contribution in [3.8, 4) is 0 Å². The van der Waals surface area contributed by atoms with Crippen LogP contribution in [0.4, 0.5) is 0 Å². The maximum absolute atomic E-state index is 12.3. The molecule has 2 rings (SSSR count). The number of hydrogen-bond donors (Lipinski definition) is 2. The lowest BCUT2D eigenvalue weighted by Gasteiger charge is -2.15. The van der Waals surface area contributed by atoms with E-state index in [2.05, 4.69) is 24.4 Å². The van der Waals surface area contributed by atoms with Crippen LogP contribution in [0.25, 0.3) is 0 Å². The Balaban J connectivity index is 2.03. The Morgan fingerprint density at radius 2 is 1.58 bits per heavy atom. The van der Waals surface area contributed by atoms with E-state index in [1.807, 2.05) is 19.1 Å². The Labute approximate surface area is 142 Å². The molecule has 0 aliphatic heterocycles. The van der Waals surface area contributed by atoms with Gasteiger partial charge in [0.2, 0.25) is 10.0 Å². The number of nitrogens with two attached hydrogens (primary N) is 1. The number of rotatable bonds is 6. The number of nitrogens with one attached hydrogen (secondary N) is 1. The molecule has 0 bridgehead atoms. The third kappa shape index (κ3) is 5.18. The molecule has 0 saturated heterocycles. The SMILES string of the molecule is CCc1ccc(C(C)NC(=O)c2ccc(CS(N)(=O)=O)cc2)cc1. The summed E-state index contributed by atoms with van der Waals surface area (Å²) in [6.07, 6.45) is 0.978. The molecule has 3 N–H and O–H groups in total. The number of hydrogen-bond acceptors (Lipinski definition) is 3. The van der Waals surface area contributed by atoms with Crippen LogP contribution in [0.1, 0.15) is 46.9 Å². The summed E-state index contributed by atoms with van der Waals surface area (Å²) < 4.78 is 22.1. The van der Waals surface area contributed by atoms with E-state index in [0.717, 1.165) is 12.0 Å². The number of aryl methyl sites for hydroxylation is 1. The van der Waals surface area contributed by atoms with E-state index in [0.29, 0.717) is 11.1 Å². The number of benzene rings is 2. The summed E-state index contributed by atoms with van der Waals surface area (Å²) in [7, 11) is -3.57. The number of amides is 1. The summed E-state index contributed by atoms with van der Waals surface area (Å²) in [5.74, 6) is -0.445. The Kier molecular flexibility index (Phi) is 5.75. The number of carbonyl (C=O) groups excluding carboxylic acids is 1. The third-order valence-corrected chi connectivity index (χ3v) is 4.56. The fraction of sp³-hybridized carbons (Fsp3) is 0.278.